The molecule has 10 heteroatoms. The van der Waals surface area contributed by atoms with Gasteiger partial charge in [-0.1, -0.05) is 15.9 Å². The first-order chi connectivity index (χ1) is 9.49. The van der Waals surface area contributed by atoms with Gasteiger partial charge in [0.1, 0.15) is 0 Å². The number of alkyl halides is 6. The van der Waals surface area contributed by atoms with Gasteiger partial charge in [0.25, 0.3) is 0 Å². The lowest BCUT2D eigenvalue weighted by molar-refractivity contribution is -0.290. The summed E-state index contributed by atoms with van der Waals surface area (Å²) in [4.78, 5) is 22.9. The molecule has 21 heavy (non-hydrogen) atoms. The molecule has 0 amide bonds. The fourth-order valence-electron chi connectivity index (χ4n) is 1.28. The summed E-state index contributed by atoms with van der Waals surface area (Å²) in [5.41, 5.74) is -1.06. The molecular weight excluding hydrogens is 369 g/mol. The van der Waals surface area contributed by atoms with Crippen LogP contribution in [0.25, 0.3) is 0 Å². The van der Waals surface area contributed by atoms with Gasteiger partial charge in [0.2, 0.25) is 0 Å². The Morgan fingerprint density at radius 2 is 1.90 bits per heavy atom. The van der Waals surface area contributed by atoms with Crippen molar-refractivity contribution >= 4 is 21.7 Å². The molecule has 118 valence electrons. The third-order valence-electron chi connectivity index (χ3n) is 2.43. The van der Waals surface area contributed by atoms with E-state index in [1.165, 1.54) is 7.05 Å². The van der Waals surface area contributed by atoms with Gasteiger partial charge in [0.05, 0.1) is 10.9 Å². The zero-order chi connectivity index (χ0) is 16.4. The molecule has 0 saturated carbocycles. The first-order valence-corrected chi connectivity index (χ1v) is 6.49. The maximum absolute atomic E-state index is 12.7. The van der Waals surface area contributed by atoms with Crippen LogP contribution < -0.4 is 10.2 Å². The number of rotatable bonds is 5. The van der Waals surface area contributed by atoms with Gasteiger partial charge in [0.15, 0.2) is 23.7 Å². The predicted octanol–water partition coefficient (Wildman–Crippen LogP) is 2.54. The Morgan fingerprint density at radius 3 is 2.38 bits per heavy atom. The van der Waals surface area contributed by atoms with Crippen LogP contribution in [-0.4, -0.2) is 34.4 Å². The lowest BCUT2D eigenvalue weighted by Crippen LogP contribution is -2.42. The fraction of sp³-hybridized carbons (Fsp3) is 0.455. The van der Waals surface area contributed by atoms with Crippen molar-refractivity contribution in [2.75, 3.05) is 11.9 Å². The fourth-order valence-corrected chi connectivity index (χ4v) is 1.59. The maximum atomic E-state index is 12.7. The number of ketones is 1. The molecular formula is C11H9BrF5NO3. The van der Waals surface area contributed by atoms with Gasteiger partial charge >= 0.3 is 12.1 Å². The zero-order valence-corrected chi connectivity index (χ0v) is 12.1. The lowest BCUT2D eigenvalue weighted by atomic mass is 10.2. The quantitative estimate of drug-likeness (QED) is 0.450. The summed E-state index contributed by atoms with van der Waals surface area (Å²) in [5.74, 6) is -6.11. The van der Waals surface area contributed by atoms with E-state index < -0.39 is 35.8 Å². The van der Waals surface area contributed by atoms with Crippen LogP contribution in [0.1, 0.15) is 10.4 Å². The molecule has 0 aliphatic heterocycles. The molecule has 0 N–H and O–H groups in total. The van der Waals surface area contributed by atoms with Crippen molar-refractivity contribution in [3.63, 3.8) is 0 Å². The molecule has 0 aliphatic rings. The van der Waals surface area contributed by atoms with E-state index >= 15 is 0 Å². The Bertz CT molecular complexity index is 597. The molecule has 1 aromatic rings. The maximum Gasteiger partial charge on any atom is 0.456 e. The highest BCUT2D eigenvalue weighted by Crippen LogP contribution is 2.35. The van der Waals surface area contributed by atoms with Gasteiger partial charge in [-0.15, -0.1) is 0 Å². The van der Waals surface area contributed by atoms with Gasteiger partial charge in [0, 0.05) is 19.3 Å². The number of hydrogen-bond acceptors (Lipinski definition) is 3. The summed E-state index contributed by atoms with van der Waals surface area (Å²) in [5, 5.41) is -0.130. The van der Waals surface area contributed by atoms with Crippen molar-refractivity contribution in [2.45, 2.75) is 12.1 Å². The van der Waals surface area contributed by atoms with Crippen LogP contribution >= 0.6 is 15.9 Å². The van der Waals surface area contributed by atoms with Gasteiger partial charge in [-0.2, -0.15) is 22.0 Å². The van der Waals surface area contributed by atoms with Crippen molar-refractivity contribution < 1.29 is 31.5 Å². The molecule has 1 aromatic heterocycles. The second-order valence-electron chi connectivity index (χ2n) is 4.05. The molecule has 0 saturated heterocycles. The van der Waals surface area contributed by atoms with Gasteiger partial charge in [-0.05, 0) is 0 Å². The number of aryl methyl sites for hydroxylation is 1. The van der Waals surface area contributed by atoms with Crippen molar-refractivity contribution in [2.24, 2.45) is 7.05 Å². The summed E-state index contributed by atoms with van der Waals surface area (Å²) in [6.45, 7) is -1.96. The minimum absolute atomic E-state index is 0.130. The van der Waals surface area contributed by atoms with Crippen LogP contribution in [0.3, 0.4) is 0 Å². The van der Waals surface area contributed by atoms with E-state index in [1.807, 2.05) is 0 Å². The molecule has 0 aromatic carbocycles. The number of Topliss-reactive ketones (excluding diaryl/α,β-unsaturated/α-hetero) is 1. The van der Waals surface area contributed by atoms with Crippen molar-refractivity contribution in [3.8, 4) is 5.88 Å². The monoisotopic (exact) mass is 377 g/mol. The molecule has 0 unspecified atom stereocenters. The number of ether oxygens (including phenoxy) is 1. The van der Waals surface area contributed by atoms with E-state index in [0.29, 0.717) is 6.07 Å². The minimum atomic E-state index is -5.75. The van der Waals surface area contributed by atoms with Gasteiger partial charge in [-0.3, -0.25) is 9.59 Å². The van der Waals surface area contributed by atoms with Crippen LogP contribution in [0.2, 0.25) is 0 Å². The van der Waals surface area contributed by atoms with Crippen LogP contribution in [0.5, 0.6) is 5.88 Å². The third kappa shape index (κ3) is 4.02. The van der Waals surface area contributed by atoms with Crippen LogP contribution in [0, 0.1) is 0 Å². The largest absolute Gasteiger partial charge is 0.472 e. The predicted molar refractivity (Wildman–Crippen MR) is 66.3 cm³/mol. The Kier molecular flexibility index (Phi) is 5.13. The first kappa shape index (κ1) is 17.6. The molecule has 0 bridgehead atoms. The number of pyridine rings is 1. The van der Waals surface area contributed by atoms with Crippen LogP contribution in [0.15, 0.2) is 17.1 Å². The second-order valence-corrected chi connectivity index (χ2v) is 4.61. The Labute approximate surface area is 123 Å². The number of halogens is 6. The second kappa shape index (κ2) is 6.12. The average molecular weight is 378 g/mol. The number of aromatic nitrogens is 1. The van der Waals surface area contributed by atoms with Crippen molar-refractivity contribution in [1.29, 1.82) is 0 Å². The number of carbonyl (C=O) groups is 1. The lowest BCUT2D eigenvalue weighted by Gasteiger charge is -2.20. The average Bonchev–Trinajstić information content (AvgIpc) is 2.37. The van der Waals surface area contributed by atoms with E-state index in [9.17, 15) is 31.5 Å². The SMILES string of the molecule is Cn1cc(C(=O)CBr)c(=O)cc1OCC(F)(F)C(F)(F)F. The summed E-state index contributed by atoms with van der Waals surface area (Å²) in [6, 6.07) is 0.683. The molecule has 1 heterocycles. The van der Waals surface area contributed by atoms with Crippen molar-refractivity contribution in [3.05, 3.63) is 28.0 Å². The van der Waals surface area contributed by atoms with E-state index in [1.54, 1.807) is 0 Å². The Hall–Kier alpha value is -1.45. The Balaban J connectivity index is 3.00. The molecule has 1 rings (SSSR count). The molecule has 0 radical (unpaired) electrons. The number of carbonyl (C=O) groups excluding carboxylic acids is 1. The van der Waals surface area contributed by atoms with Crippen LogP contribution in [-0.2, 0) is 7.05 Å². The summed E-state index contributed by atoms with van der Waals surface area (Å²) in [6.07, 6.45) is -4.75. The van der Waals surface area contributed by atoms with Crippen molar-refractivity contribution in [1.82, 2.24) is 4.57 Å². The van der Waals surface area contributed by atoms with E-state index in [2.05, 4.69) is 20.7 Å². The summed E-state index contributed by atoms with van der Waals surface area (Å²) >= 11 is 2.85. The standard InChI is InChI=1S/C11H9BrF5NO3/c1-18-4-6(8(20)3-12)7(19)2-9(18)21-5-10(13,14)11(15,16)17/h2,4H,3,5H2,1H3. The Morgan fingerprint density at radius 1 is 1.33 bits per heavy atom. The normalized spacial score (nSPS) is 12.3. The number of hydrogen-bond donors (Lipinski definition) is 0. The summed E-state index contributed by atoms with van der Waals surface area (Å²) in [7, 11) is 1.24. The smallest absolute Gasteiger partial charge is 0.456 e. The molecule has 0 fully saturated rings. The van der Waals surface area contributed by atoms with Gasteiger partial charge in [-0.25, -0.2) is 0 Å². The molecule has 0 spiro atoms. The summed E-state index contributed by atoms with van der Waals surface area (Å²) < 4.78 is 66.7. The molecule has 4 nitrogen and oxygen atoms in total. The molecule has 0 atom stereocenters. The first-order valence-electron chi connectivity index (χ1n) is 5.37. The van der Waals surface area contributed by atoms with E-state index in [-0.39, 0.29) is 10.9 Å². The van der Waals surface area contributed by atoms with E-state index in [4.69, 9.17) is 0 Å². The molecule has 0 aliphatic carbocycles. The number of nitrogens with zero attached hydrogens (tertiary/aromatic N) is 1. The third-order valence-corrected chi connectivity index (χ3v) is 2.94. The zero-order valence-electron chi connectivity index (χ0n) is 10.5. The van der Waals surface area contributed by atoms with E-state index in [0.717, 1.165) is 10.8 Å². The topological polar surface area (TPSA) is 48.3 Å². The highest BCUT2D eigenvalue weighted by Gasteiger charge is 2.58. The van der Waals surface area contributed by atoms with Crippen LogP contribution in [0.4, 0.5) is 22.0 Å². The van der Waals surface area contributed by atoms with Gasteiger partial charge < -0.3 is 9.30 Å². The highest BCUT2D eigenvalue weighted by atomic mass is 79.9. The highest BCUT2D eigenvalue weighted by molar-refractivity contribution is 9.09. The minimum Gasteiger partial charge on any atom is -0.472 e.